The number of rotatable bonds is 4. The van der Waals surface area contributed by atoms with E-state index in [0.717, 1.165) is 69.2 Å². The number of piperidine rings is 1. The van der Waals surface area contributed by atoms with E-state index in [2.05, 4.69) is 45.6 Å². The first kappa shape index (κ1) is 23.2. The molecule has 5 rings (SSSR count). The van der Waals surface area contributed by atoms with E-state index >= 15 is 0 Å². The topological polar surface area (TPSA) is 66.5 Å². The number of aryl methyl sites for hydroxylation is 1. The van der Waals surface area contributed by atoms with E-state index in [1.54, 1.807) is 10.7 Å². The third kappa shape index (κ3) is 4.10. The van der Waals surface area contributed by atoms with Crippen LogP contribution in [0.2, 0.25) is 0 Å². The molecule has 35 heavy (non-hydrogen) atoms. The van der Waals surface area contributed by atoms with Crippen LogP contribution in [0.4, 0.5) is 5.69 Å². The highest BCUT2D eigenvalue weighted by molar-refractivity contribution is 7.99. The van der Waals surface area contributed by atoms with Crippen molar-refractivity contribution in [2.24, 2.45) is 0 Å². The summed E-state index contributed by atoms with van der Waals surface area (Å²) in [6.45, 7) is 16.0. The highest BCUT2D eigenvalue weighted by Crippen LogP contribution is 2.42. The zero-order chi connectivity index (χ0) is 24.7. The summed E-state index contributed by atoms with van der Waals surface area (Å²) < 4.78 is 3.95. The van der Waals surface area contributed by atoms with Gasteiger partial charge in [0.1, 0.15) is 6.07 Å². The summed E-state index contributed by atoms with van der Waals surface area (Å²) in [5.41, 5.74) is 7.21. The number of pyridine rings is 1. The lowest BCUT2D eigenvalue weighted by molar-refractivity contribution is 0.210. The molecule has 0 aliphatic carbocycles. The number of hydrogen-bond acceptors (Lipinski definition) is 5. The van der Waals surface area contributed by atoms with Gasteiger partial charge in [-0.15, -0.1) is 0 Å². The predicted octanol–water partition coefficient (Wildman–Crippen LogP) is 5.96. The Morgan fingerprint density at radius 3 is 2.60 bits per heavy atom. The van der Waals surface area contributed by atoms with Gasteiger partial charge in [-0.25, -0.2) is 9.36 Å². The van der Waals surface area contributed by atoms with E-state index in [4.69, 9.17) is 11.7 Å². The van der Waals surface area contributed by atoms with Crippen LogP contribution in [0, 0.1) is 38.7 Å². The minimum atomic E-state index is 0.407. The molecule has 176 valence electrons. The number of nitriles is 1. The van der Waals surface area contributed by atoms with Crippen molar-refractivity contribution < 1.29 is 0 Å². The van der Waals surface area contributed by atoms with Gasteiger partial charge in [-0.1, -0.05) is 29.5 Å². The lowest BCUT2D eigenvalue weighted by Crippen LogP contribution is -2.32. The van der Waals surface area contributed by atoms with Gasteiger partial charge in [0, 0.05) is 32.8 Å². The van der Waals surface area contributed by atoms with Crippen molar-refractivity contribution in [1.82, 2.24) is 24.3 Å². The Kier molecular flexibility index (Phi) is 6.10. The van der Waals surface area contributed by atoms with Crippen LogP contribution in [0.1, 0.15) is 41.3 Å². The summed E-state index contributed by atoms with van der Waals surface area (Å²) in [7, 11) is 2.17. The summed E-state index contributed by atoms with van der Waals surface area (Å²) in [5, 5.41) is 19.0. The average molecular weight is 482 g/mol. The zero-order valence-corrected chi connectivity index (χ0v) is 21.2. The maximum atomic E-state index is 9.72. The standard InChI is InChI=1S/C27H27N7S/c1-17-6-7-24(26(29-4)18(17)2)35-25-12-20(16-33-27(25)21(13-28)14-30-33)23-15-31-34(19(23)3)22-8-10-32(5)11-9-22/h6-7,12,14-16,22H,8-11H2,1-3,5H3. The van der Waals surface area contributed by atoms with Crippen LogP contribution in [0.3, 0.4) is 0 Å². The average Bonchev–Trinajstić information content (AvgIpc) is 3.45. The van der Waals surface area contributed by atoms with Crippen molar-refractivity contribution in [3.05, 3.63) is 70.6 Å². The monoisotopic (exact) mass is 481 g/mol. The Hall–Kier alpha value is -3.59. The van der Waals surface area contributed by atoms with Crippen LogP contribution < -0.4 is 0 Å². The second-order valence-electron chi connectivity index (χ2n) is 9.25. The second-order valence-corrected chi connectivity index (χ2v) is 10.3. The van der Waals surface area contributed by atoms with Gasteiger partial charge in [-0.3, -0.25) is 4.68 Å². The minimum Gasteiger partial charge on any atom is -0.306 e. The third-order valence-corrected chi connectivity index (χ3v) is 8.16. The fourth-order valence-electron chi connectivity index (χ4n) is 4.82. The van der Waals surface area contributed by atoms with Crippen molar-refractivity contribution in [2.45, 2.75) is 49.4 Å². The fraction of sp³-hybridized carbons (Fsp3) is 0.333. The Bertz CT molecular complexity index is 1510. The summed E-state index contributed by atoms with van der Waals surface area (Å²) in [6, 6.07) is 8.82. The molecule has 1 aliphatic heterocycles. The molecule has 1 saturated heterocycles. The molecular formula is C27H27N7S. The number of nitrogens with zero attached hydrogens (tertiary/aromatic N) is 7. The van der Waals surface area contributed by atoms with Gasteiger partial charge in [-0.2, -0.15) is 15.5 Å². The normalized spacial score (nSPS) is 14.8. The smallest absolute Gasteiger partial charge is 0.203 e. The summed E-state index contributed by atoms with van der Waals surface area (Å²) in [5.74, 6) is 0. The number of hydrogen-bond donors (Lipinski definition) is 0. The largest absolute Gasteiger partial charge is 0.306 e. The number of fused-ring (bicyclic) bond motifs is 1. The van der Waals surface area contributed by atoms with Crippen LogP contribution in [0.15, 0.2) is 46.6 Å². The first-order valence-electron chi connectivity index (χ1n) is 11.7. The van der Waals surface area contributed by atoms with Gasteiger partial charge < -0.3 is 4.90 Å². The zero-order valence-electron chi connectivity index (χ0n) is 20.4. The van der Waals surface area contributed by atoms with Crippen molar-refractivity contribution in [1.29, 1.82) is 5.26 Å². The molecule has 4 aromatic rings. The van der Waals surface area contributed by atoms with Crippen molar-refractivity contribution >= 4 is 23.0 Å². The highest BCUT2D eigenvalue weighted by Gasteiger charge is 2.23. The molecule has 0 bridgehead atoms. The molecular weight excluding hydrogens is 454 g/mol. The van der Waals surface area contributed by atoms with E-state index in [1.165, 1.54) is 11.8 Å². The molecule has 4 heterocycles. The lowest BCUT2D eigenvalue weighted by atomic mass is 10.0. The molecule has 3 aromatic heterocycles. The Morgan fingerprint density at radius 2 is 1.89 bits per heavy atom. The van der Waals surface area contributed by atoms with Gasteiger partial charge in [-0.05, 0) is 65.4 Å². The minimum absolute atomic E-state index is 0.407. The molecule has 0 radical (unpaired) electrons. The van der Waals surface area contributed by atoms with Crippen molar-refractivity contribution in [2.75, 3.05) is 20.1 Å². The van der Waals surface area contributed by atoms with Gasteiger partial charge in [0.05, 0.1) is 36.1 Å². The molecule has 1 aromatic carbocycles. The van der Waals surface area contributed by atoms with Crippen molar-refractivity contribution in [3.8, 4) is 17.2 Å². The first-order chi connectivity index (χ1) is 16.9. The highest BCUT2D eigenvalue weighted by atomic mass is 32.2. The van der Waals surface area contributed by atoms with E-state index in [9.17, 15) is 5.26 Å². The summed E-state index contributed by atoms with van der Waals surface area (Å²) in [6.07, 6.45) is 7.71. The fourth-order valence-corrected chi connectivity index (χ4v) is 5.98. The van der Waals surface area contributed by atoms with Crippen LogP contribution in [-0.2, 0) is 0 Å². The van der Waals surface area contributed by atoms with Crippen LogP contribution in [-0.4, -0.2) is 44.4 Å². The first-order valence-corrected chi connectivity index (χ1v) is 12.5. The molecule has 0 unspecified atom stereocenters. The molecule has 0 spiro atoms. The molecule has 0 saturated carbocycles. The quantitative estimate of drug-likeness (QED) is 0.336. The third-order valence-electron chi connectivity index (χ3n) is 7.08. The maximum absolute atomic E-state index is 9.72. The molecule has 7 nitrogen and oxygen atoms in total. The van der Waals surface area contributed by atoms with Gasteiger partial charge >= 0.3 is 0 Å². The van der Waals surface area contributed by atoms with E-state index < -0.39 is 0 Å². The summed E-state index contributed by atoms with van der Waals surface area (Å²) in [4.78, 5) is 7.96. The molecule has 8 heteroatoms. The molecule has 0 N–H and O–H groups in total. The Labute approximate surface area is 209 Å². The summed E-state index contributed by atoms with van der Waals surface area (Å²) >= 11 is 1.52. The predicted molar refractivity (Wildman–Crippen MR) is 138 cm³/mol. The van der Waals surface area contributed by atoms with Crippen LogP contribution in [0.25, 0.3) is 21.5 Å². The van der Waals surface area contributed by atoms with Crippen LogP contribution >= 0.6 is 11.8 Å². The van der Waals surface area contributed by atoms with Crippen LogP contribution in [0.5, 0.6) is 0 Å². The van der Waals surface area contributed by atoms with Gasteiger partial charge in [0.2, 0.25) is 5.69 Å². The second kappa shape index (κ2) is 9.22. The Balaban J connectivity index is 1.61. The Morgan fingerprint density at radius 1 is 1.11 bits per heavy atom. The van der Waals surface area contributed by atoms with E-state index in [-0.39, 0.29) is 0 Å². The van der Waals surface area contributed by atoms with E-state index in [1.807, 2.05) is 38.4 Å². The van der Waals surface area contributed by atoms with Crippen molar-refractivity contribution in [3.63, 3.8) is 0 Å². The SMILES string of the molecule is [C-]#[N+]c1c(Sc2cc(-c3cnn(C4CCN(C)CC4)c3C)cn3ncc(C#N)c23)ccc(C)c1C. The number of aromatic nitrogens is 4. The molecule has 0 amide bonds. The number of benzene rings is 1. The lowest BCUT2D eigenvalue weighted by Gasteiger charge is -2.29. The van der Waals surface area contributed by atoms with E-state index in [0.29, 0.717) is 17.3 Å². The van der Waals surface area contributed by atoms with Gasteiger partial charge in [0.25, 0.3) is 0 Å². The molecule has 0 atom stereocenters. The molecule has 1 fully saturated rings. The number of likely N-dealkylation sites (tertiary alicyclic amines) is 1. The molecule has 1 aliphatic rings. The maximum Gasteiger partial charge on any atom is 0.203 e. The van der Waals surface area contributed by atoms with Gasteiger partial charge in [0.15, 0.2) is 0 Å².